The first-order valence-corrected chi connectivity index (χ1v) is 3.63. The SMILES string of the molecule is CCSC(C)S.[H-].[Na+]. The molecule has 0 aromatic rings. The molecule has 0 fully saturated rings. The molecule has 0 amide bonds. The smallest absolute Gasteiger partial charge is 1.00 e. The number of thioether (sulfide) groups is 1. The van der Waals surface area contributed by atoms with E-state index in [1.54, 1.807) is 0 Å². The minimum atomic E-state index is 0. The van der Waals surface area contributed by atoms with E-state index < -0.39 is 0 Å². The van der Waals surface area contributed by atoms with Crippen LogP contribution in [0.15, 0.2) is 0 Å². The van der Waals surface area contributed by atoms with Crippen molar-refractivity contribution in [3.8, 4) is 0 Å². The van der Waals surface area contributed by atoms with Crippen LogP contribution in [0.3, 0.4) is 0 Å². The summed E-state index contributed by atoms with van der Waals surface area (Å²) in [7, 11) is 0. The molecular formula is C4H11NaS2. The van der Waals surface area contributed by atoms with Gasteiger partial charge in [-0.1, -0.05) is 6.92 Å². The van der Waals surface area contributed by atoms with Gasteiger partial charge in [-0.25, -0.2) is 0 Å². The average Bonchev–Trinajstić information content (AvgIpc) is 1.35. The zero-order chi connectivity index (χ0) is 4.99. The van der Waals surface area contributed by atoms with Gasteiger partial charge in [0.25, 0.3) is 0 Å². The van der Waals surface area contributed by atoms with Gasteiger partial charge in [-0.15, -0.1) is 11.8 Å². The molecule has 0 aliphatic rings. The van der Waals surface area contributed by atoms with Crippen LogP contribution in [0.1, 0.15) is 15.3 Å². The summed E-state index contributed by atoms with van der Waals surface area (Å²) < 4.78 is 0.509. The summed E-state index contributed by atoms with van der Waals surface area (Å²) in [5.41, 5.74) is 0. The monoisotopic (exact) mass is 146 g/mol. The molecule has 0 saturated carbocycles. The molecule has 7 heavy (non-hydrogen) atoms. The van der Waals surface area contributed by atoms with E-state index in [0.29, 0.717) is 4.58 Å². The topological polar surface area (TPSA) is 0 Å². The number of hydrogen-bond acceptors (Lipinski definition) is 2. The Morgan fingerprint density at radius 2 is 2.29 bits per heavy atom. The van der Waals surface area contributed by atoms with E-state index in [1.807, 2.05) is 11.8 Å². The fraction of sp³-hybridized carbons (Fsp3) is 1.00. The molecule has 0 radical (unpaired) electrons. The summed E-state index contributed by atoms with van der Waals surface area (Å²) in [6.45, 7) is 4.22. The number of rotatable bonds is 2. The largest absolute Gasteiger partial charge is 1.00 e. The van der Waals surface area contributed by atoms with E-state index in [9.17, 15) is 0 Å². The molecular weight excluding hydrogens is 135 g/mol. The maximum atomic E-state index is 4.14. The third-order valence-corrected chi connectivity index (χ3v) is 1.67. The summed E-state index contributed by atoms with van der Waals surface area (Å²) in [5, 5.41) is 0. The van der Waals surface area contributed by atoms with Crippen LogP contribution < -0.4 is 29.6 Å². The van der Waals surface area contributed by atoms with Crippen molar-refractivity contribution in [2.24, 2.45) is 0 Å². The molecule has 0 aromatic heterocycles. The summed E-state index contributed by atoms with van der Waals surface area (Å²) >= 11 is 5.99. The molecule has 1 unspecified atom stereocenters. The average molecular weight is 146 g/mol. The van der Waals surface area contributed by atoms with E-state index in [-0.39, 0.29) is 31.0 Å². The van der Waals surface area contributed by atoms with Crippen LogP contribution >= 0.6 is 24.4 Å². The Kier molecular flexibility index (Phi) is 12.6. The molecule has 0 N–H and O–H groups in total. The third kappa shape index (κ3) is 11.3. The van der Waals surface area contributed by atoms with Crippen molar-refractivity contribution in [1.29, 1.82) is 0 Å². The molecule has 0 nitrogen and oxygen atoms in total. The Hall–Kier alpha value is 1.70. The molecule has 3 heteroatoms. The van der Waals surface area contributed by atoms with Crippen LogP contribution in [0, 0.1) is 0 Å². The normalized spacial score (nSPS) is 12.4. The molecule has 0 rings (SSSR count). The third-order valence-electron chi connectivity index (χ3n) is 0.408. The van der Waals surface area contributed by atoms with Crippen molar-refractivity contribution >= 4 is 24.4 Å². The van der Waals surface area contributed by atoms with Crippen molar-refractivity contribution in [2.45, 2.75) is 18.4 Å². The predicted octanol–water partition coefficient (Wildman–Crippen LogP) is -0.868. The van der Waals surface area contributed by atoms with Crippen LogP contribution in [0.4, 0.5) is 0 Å². The van der Waals surface area contributed by atoms with Gasteiger partial charge in [-0.3, -0.25) is 0 Å². The minimum Gasteiger partial charge on any atom is -1.00 e. The second-order valence-electron chi connectivity index (χ2n) is 1.05. The molecule has 1 atom stereocenters. The minimum absolute atomic E-state index is 0. The van der Waals surface area contributed by atoms with Gasteiger partial charge in [-0.05, 0) is 12.7 Å². The quantitative estimate of drug-likeness (QED) is 0.300. The van der Waals surface area contributed by atoms with Crippen molar-refractivity contribution in [2.75, 3.05) is 5.75 Å². The Morgan fingerprint density at radius 3 is 2.29 bits per heavy atom. The van der Waals surface area contributed by atoms with E-state index in [1.165, 1.54) is 5.75 Å². The number of hydrogen-bond donors (Lipinski definition) is 1. The molecule has 0 saturated heterocycles. The first-order chi connectivity index (χ1) is 2.77. The van der Waals surface area contributed by atoms with E-state index in [2.05, 4.69) is 26.5 Å². The van der Waals surface area contributed by atoms with Crippen molar-refractivity contribution < 1.29 is 31.0 Å². The molecule has 0 aromatic carbocycles. The van der Waals surface area contributed by atoms with Gasteiger partial charge in [0.15, 0.2) is 0 Å². The predicted molar refractivity (Wildman–Crippen MR) is 37.7 cm³/mol. The standard InChI is InChI=1S/C4H10S2.Na.H/c1-3-6-4(2)5;;/h4-5H,3H2,1-2H3;;/q;+1;-1. The van der Waals surface area contributed by atoms with Crippen molar-refractivity contribution in [3.05, 3.63) is 0 Å². The summed E-state index contributed by atoms with van der Waals surface area (Å²) in [6.07, 6.45) is 0. The Bertz CT molecular complexity index is 35.2. The molecule has 0 aliphatic carbocycles. The second-order valence-corrected chi connectivity index (χ2v) is 3.80. The molecule has 40 valence electrons. The van der Waals surface area contributed by atoms with Gasteiger partial charge in [0.2, 0.25) is 0 Å². The molecule has 0 spiro atoms. The Balaban J connectivity index is -0.000000125. The number of thiol groups is 1. The zero-order valence-electron chi connectivity index (χ0n) is 6.14. The van der Waals surface area contributed by atoms with E-state index in [0.717, 1.165) is 0 Å². The zero-order valence-corrected chi connectivity index (χ0v) is 8.85. The van der Waals surface area contributed by atoms with Crippen molar-refractivity contribution in [1.82, 2.24) is 0 Å². The van der Waals surface area contributed by atoms with Gasteiger partial charge in [0, 0.05) is 4.58 Å². The molecule has 0 heterocycles. The summed E-state index contributed by atoms with van der Waals surface area (Å²) in [5.74, 6) is 1.17. The van der Waals surface area contributed by atoms with E-state index >= 15 is 0 Å². The summed E-state index contributed by atoms with van der Waals surface area (Å²) in [6, 6.07) is 0. The second kappa shape index (κ2) is 7.70. The first kappa shape index (κ1) is 11.5. The van der Waals surface area contributed by atoms with Gasteiger partial charge in [0.05, 0.1) is 0 Å². The van der Waals surface area contributed by atoms with E-state index in [4.69, 9.17) is 0 Å². The van der Waals surface area contributed by atoms with Crippen LogP contribution in [-0.4, -0.2) is 10.3 Å². The van der Waals surface area contributed by atoms with Crippen LogP contribution in [0.5, 0.6) is 0 Å². The maximum Gasteiger partial charge on any atom is 1.00 e. The van der Waals surface area contributed by atoms with Gasteiger partial charge >= 0.3 is 29.6 Å². The first-order valence-electron chi connectivity index (χ1n) is 2.07. The Morgan fingerprint density at radius 1 is 1.86 bits per heavy atom. The van der Waals surface area contributed by atoms with Crippen LogP contribution in [-0.2, 0) is 0 Å². The van der Waals surface area contributed by atoms with Gasteiger partial charge in [0.1, 0.15) is 0 Å². The van der Waals surface area contributed by atoms with Gasteiger partial charge in [-0.2, -0.15) is 12.6 Å². The fourth-order valence-corrected chi connectivity index (χ4v) is 1.17. The Labute approximate surface area is 79.0 Å². The summed E-state index contributed by atoms with van der Waals surface area (Å²) in [4.78, 5) is 0. The van der Waals surface area contributed by atoms with Crippen LogP contribution in [0.2, 0.25) is 0 Å². The maximum absolute atomic E-state index is 4.14. The van der Waals surface area contributed by atoms with Gasteiger partial charge < -0.3 is 1.43 Å². The molecule has 0 aliphatic heterocycles. The van der Waals surface area contributed by atoms with Crippen LogP contribution in [0.25, 0.3) is 0 Å². The molecule has 0 bridgehead atoms. The fourth-order valence-electron chi connectivity index (χ4n) is 0.241. The van der Waals surface area contributed by atoms with Crippen molar-refractivity contribution in [3.63, 3.8) is 0 Å².